The van der Waals surface area contributed by atoms with Gasteiger partial charge in [-0.2, -0.15) is 0 Å². The molecule has 0 bridgehead atoms. The quantitative estimate of drug-likeness (QED) is 0.722. The van der Waals surface area contributed by atoms with Crippen molar-refractivity contribution >= 4 is 10.9 Å². The molecule has 4 heteroatoms. The molecular weight excluding hydrogens is 327 g/mol. The van der Waals surface area contributed by atoms with Crippen molar-refractivity contribution in [3.63, 3.8) is 0 Å². The Morgan fingerprint density at radius 3 is 2.58 bits per heavy atom. The fourth-order valence-electron chi connectivity index (χ4n) is 4.00. The number of likely N-dealkylation sites (tertiary alicyclic amines) is 1. The van der Waals surface area contributed by atoms with Crippen LogP contribution in [-0.2, 0) is 13.0 Å². The van der Waals surface area contributed by atoms with Crippen molar-refractivity contribution in [3.05, 3.63) is 71.2 Å². The lowest BCUT2D eigenvalue weighted by molar-refractivity contribution is 0.213. The minimum atomic E-state index is -0.169. The summed E-state index contributed by atoms with van der Waals surface area (Å²) in [6.45, 7) is 3.28. The standard InChI is InChI=1S/C22H25FN2O/c23-20-6-4-16(5-7-20)8-11-25-12-9-17(10-13-25)21-14-18-2-1-3-19(15-26)22(18)24-21/h1-7,14,17,24,26H,8-13,15H2. The number of hydrogen-bond acceptors (Lipinski definition) is 2. The number of fused-ring (bicyclic) bond motifs is 1. The highest BCUT2D eigenvalue weighted by Gasteiger charge is 2.22. The van der Waals surface area contributed by atoms with Crippen molar-refractivity contribution in [1.82, 2.24) is 9.88 Å². The predicted octanol–water partition coefficient (Wildman–Crippen LogP) is 4.22. The lowest BCUT2D eigenvalue weighted by atomic mass is 9.93. The summed E-state index contributed by atoms with van der Waals surface area (Å²) in [7, 11) is 0. The lowest BCUT2D eigenvalue weighted by Gasteiger charge is -2.31. The molecule has 4 rings (SSSR count). The highest BCUT2D eigenvalue weighted by atomic mass is 19.1. The Hall–Kier alpha value is -2.17. The van der Waals surface area contributed by atoms with Crippen molar-refractivity contribution in [3.8, 4) is 0 Å². The fourth-order valence-corrected chi connectivity index (χ4v) is 4.00. The van der Waals surface area contributed by atoms with Crippen LogP contribution in [0.4, 0.5) is 4.39 Å². The predicted molar refractivity (Wildman–Crippen MR) is 103 cm³/mol. The van der Waals surface area contributed by atoms with Crippen LogP contribution in [0.3, 0.4) is 0 Å². The van der Waals surface area contributed by atoms with Gasteiger partial charge in [0, 0.05) is 29.1 Å². The number of H-pyrrole nitrogens is 1. The van der Waals surface area contributed by atoms with E-state index in [0.717, 1.165) is 50.0 Å². The van der Waals surface area contributed by atoms with Gasteiger partial charge in [0.05, 0.1) is 12.1 Å². The van der Waals surface area contributed by atoms with Crippen molar-refractivity contribution in [1.29, 1.82) is 0 Å². The molecule has 3 aromatic rings. The molecule has 0 aliphatic carbocycles. The molecular formula is C22H25FN2O. The summed E-state index contributed by atoms with van der Waals surface area (Å²) in [5.74, 6) is 0.383. The largest absolute Gasteiger partial charge is 0.392 e. The minimum Gasteiger partial charge on any atom is -0.392 e. The molecule has 2 heterocycles. The van der Waals surface area contributed by atoms with Gasteiger partial charge in [0.25, 0.3) is 0 Å². The maximum absolute atomic E-state index is 13.0. The van der Waals surface area contributed by atoms with Gasteiger partial charge in [0.1, 0.15) is 5.82 Å². The molecule has 1 saturated heterocycles. The summed E-state index contributed by atoms with van der Waals surface area (Å²) in [4.78, 5) is 6.05. The SMILES string of the molecule is OCc1cccc2cc(C3CCN(CCc4ccc(F)cc4)CC3)[nH]c12. The average Bonchev–Trinajstić information content (AvgIpc) is 3.12. The number of aliphatic hydroxyl groups is 1. The van der Waals surface area contributed by atoms with Gasteiger partial charge in [-0.3, -0.25) is 0 Å². The monoisotopic (exact) mass is 352 g/mol. The van der Waals surface area contributed by atoms with E-state index < -0.39 is 0 Å². The number of rotatable bonds is 5. The van der Waals surface area contributed by atoms with Crippen molar-refractivity contribution < 1.29 is 9.50 Å². The summed E-state index contributed by atoms with van der Waals surface area (Å²) < 4.78 is 13.0. The number of aromatic amines is 1. The highest BCUT2D eigenvalue weighted by molar-refractivity contribution is 5.83. The van der Waals surface area contributed by atoms with Crippen LogP contribution in [0.2, 0.25) is 0 Å². The number of para-hydroxylation sites is 1. The van der Waals surface area contributed by atoms with Crippen LogP contribution >= 0.6 is 0 Å². The van der Waals surface area contributed by atoms with E-state index in [9.17, 15) is 9.50 Å². The van der Waals surface area contributed by atoms with Crippen molar-refractivity contribution in [2.24, 2.45) is 0 Å². The highest BCUT2D eigenvalue weighted by Crippen LogP contribution is 2.31. The third kappa shape index (κ3) is 3.67. The van der Waals surface area contributed by atoms with Gasteiger partial charge in [0.2, 0.25) is 0 Å². The Labute approximate surface area is 153 Å². The van der Waals surface area contributed by atoms with Gasteiger partial charge >= 0.3 is 0 Å². The molecule has 0 spiro atoms. The van der Waals surface area contributed by atoms with Crippen LogP contribution in [0.25, 0.3) is 10.9 Å². The third-order valence-electron chi connectivity index (χ3n) is 5.59. The number of hydrogen-bond donors (Lipinski definition) is 2. The molecule has 136 valence electrons. The Kier molecular flexibility index (Phi) is 5.05. The second-order valence-corrected chi connectivity index (χ2v) is 7.26. The van der Waals surface area contributed by atoms with Crippen LogP contribution in [0, 0.1) is 5.82 Å². The number of piperidine rings is 1. The summed E-state index contributed by atoms with van der Waals surface area (Å²) in [6.07, 6.45) is 3.26. The molecule has 0 saturated carbocycles. The number of aliphatic hydroxyl groups excluding tert-OH is 1. The first-order valence-corrected chi connectivity index (χ1v) is 9.41. The second kappa shape index (κ2) is 7.60. The first-order chi connectivity index (χ1) is 12.7. The van der Waals surface area contributed by atoms with Crippen LogP contribution in [-0.4, -0.2) is 34.6 Å². The molecule has 0 amide bonds. The van der Waals surface area contributed by atoms with E-state index in [1.54, 1.807) is 0 Å². The van der Waals surface area contributed by atoms with E-state index in [1.807, 2.05) is 24.3 Å². The number of aromatic nitrogens is 1. The molecule has 1 fully saturated rings. The van der Waals surface area contributed by atoms with E-state index in [1.165, 1.54) is 28.8 Å². The van der Waals surface area contributed by atoms with Crippen LogP contribution < -0.4 is 0 Å². The summed E-state index contributed by atoms with van der Waals surface area (Å²) >= 11 is 0. The zero-order valence-corrected chi connectivity index (χ0v) is 14.9. The van der Waals surface area contributed by atoms with E-state index in [0.29, 0.717) is 5.92 Å². The second-order valence-electron chi connectivity index (χ2n) is 7.26. The maximum atomic E-state index is 13.0. The van der Waals surface area contributed by atoms with E-state index in [4.69, 9.17) is 0 Å². The Morgan fingerprint density at radius 1 is 1.08 bits per heavy atom. The topological polar surface area (TPSA) is 39.3 Å². The zero-order valence-electron chi connectivity index (χ0n) is 14.9. The fraction of sp³-hybridized carbons (Fsp3) is 0.364. The third-order valence-corrected chi connectivity index (χ3v) is 5.59. The number of benzene rings is 2. The Morgan fingerprint density at radius 2 is 1.85 bits per heavy atom. The molecule has 0 radical (unpaired) electrons. The summed E-state index contributed by atoms with van der Waals surface area (Å²) in [6, 6.07) is 15.2. The molecule has 0 unspecified atom stereocenters. The molecule has 26 heavy (non-hydrogen) atoms. The first kappa shape index (κ1) is 17.3. The van der Waals surface area contributed by atoms with Gasteiger partial charge in [-0.25, -0.2) is 4.39 Å². The summed E-state index contributed by atoms with van der Waals surface area (Å²) in [5, 5.41) is 10.7. The Bertz CT molecular complexity index is 863. The molecule has 3 nitrogen and oxygen atoms in total. The van der Waals surface area contributed by atoms with Gasteiger partial charge in [-0.05, 0) is 56.1 Å². The van der Waals surface area contributed by atoms with E-state index in [-0.39, 0.29) is 12.4 Å². The molecule has 1 aromatic heterocycles. The lowest BCUT2D eigenvalue weighted by Crippen LogP contribution is -2.34. The van der Waals surface area contributed by atoms with Crippen LogP contribution in [0.1, 0.15) is 35.6 Å². The molecule has 1 aliphatic heterocycles. The molecule has 2 N–H and O–H groups in total. The minimum absolute atomic E-state index is 0.0686. The smallest absolute Gasteiger partial charge is 0.123 e. The van der Waals surface area contributed by atoms with Crippen molar-refractivity contribution in [2.75, 3.05) is 19.6 Å². The number of nitrogens with one attached hydrogen (secondary N) is 1. The van der Waals surface area contributed by atoms with Crippen molar-refractivity contribution in [2.45, 2.75) is 31.8 Å². The maximum Gasteiger partial charge on any atom is 0.123 e. The van der Waals surface area contributed by atoms with Gasteiger partial charge in [0.15, 0.2) is 0 Å². The van der Waals surface area contributed by atoms with E-state index >= 15 is 0 Å². The van der Waals surface area contributed by atoms with Crippen LogP contribution in [0.5, 0.6) is 0 Å². The van der Waals surface area contributed by atoms with E-state index in [2.05, 4.69) is 22.0 Å². The Balaban J connectivity index is 1.35. The summed E-state index contributed by atoms with van der Waals surface area (Å²) in [5.41, 5.74) is 4.52. The van der Waals surface area contributed by atoms with Gasteiger partial charge < -0.3 is 15.0 Å². The number of nitrogens with zero attached hydrogens (tertiary/aromatic N) is 1. The average molecular weight is 352 g/mol. The normalized spacial score (nSPS) is 16.4. The zero-order chi connectivity index (χ0) is 17.9. The molecule has 1 aliphatic rings. The molecule has 2 aromatic carbocycles. The first-order valence-electron chi connectivity index (χ1n) is 9.41. The van der Waals surface area contributed by atoms with Gasteiger partial charge in [-0.15, -0.1) is 0 Å². The number of halogens is 1. The van der Waals surface area contributed by atoms with Gasteiger partial charge in [-0.1, -0.05) is 30.3 Å². The molecule has 0 atom stereocenters. The van der Waals surface area contributed by atoms with Crippen LogP contribution in [0.15, 0.2) is 48.5 Å².